The average Bonchev–Trinajstić information content (AvgIpc) is 3.30. The fraction of sp³-hybridized carbons (Fsp3) is 0.300. The molecule has 1 aliphatic carbocycles. The summed E-state index contributed by atoms with van der Waals surface area (Å²) >= 11 is 0. The molecule has 1 aliphatic heterocycles. The summed E-state index contributed by atoms with van der Waals surface area (Å²) < 4.78 is 18.2. The lowest BCUT2D eigenvalue weighted by molar-refractivity contribution is 0.0586. The molecule has 7 nitrogen and oxygen atoms in total. The van der Waals surface area contributed by atoms with Gasteiger partial charge in [-0.05, 0) is 32.0 Å². The molecule has 0 spiro atoms. The second kappa shape index (κ2) is 9.15. The Morgan fingerprint density at radius 3 is 2.47 bits per heavy atom. The normalized spacial score (nSPS) is 20.7. The maximum atomic E-state index is 16.2. The SMILES string of the molecule is CN1CCN([C@H]2C[C@@H](c3nc(-c4ccc5ccc(-c6ccccc6)nc5c4F)c4c(N)nccn43)C2)CC1. The van der Waals surface area contributed by atoms with Gasteiger partial charge >= 0.3 is 0 Å². The number of halogens is 1. The number of rotatable bonds is 4. The van der Waals surface area contributed by atoms with Crippen molar-refractivity contribution in [2.75, 3.05) is 39.0 Å². The van der Waals surface area contributed by atoms with Crippen molar-refractivity contribution >= 4 is 22.2 Å². The highest BCUT2D eigenvalue weighted by Gasteiger charge is 2.38. The summed E-state index contributed by atoms with van der Waals surface area (Å²) in [7, 11) is 2.18. The predicted octanol–water partition coefficient (Wildman–Crippen LogP) is 4.83. The Bertz CT molecular complexity index is 1630. The Hall–Kier alpha value is -3.88. The van der Waals surface area contributed by atoms with Crippen molar-refractivity contribution in [3.8, 4) is 22.5 Å². The minimum atomic E-state index is -0.390. The molecule has 1 saturated heterocycles. The summed E-state index contributed by atoms with van der Waals surface area (Å²) in [5.74, 6) is 1.19. The lowest BCUT2D eigenvalue weighted by Gasteiger charge is -2.45. The molecular formula is C30H30FN7. The quantitative estimate of drug-likeness (QED) is 0.376. The molecule has 8 heteroatoms. The number of anilines is 1. The molecule has 2 aliphatic rings. The van der Waals surface area contributed by atoms with Crippen LogP contribution in [0, 0.1) is 5.82 Å². The minimum Gasteiger partial charge on any atom is -0.382 e. The van der Waals surface area contributed by atoms with Crippen LogP contribution in [-0.4, -0.2) is 68.4 Å². The molecule has 192 valence electrons. The summed E-state index contributed by atoms with van der Waals surface area (Å²) in [5.41, 5.74) is 9.95. The second-order valence-corrected chi connectivity index (χ2v) is 10.6. The van der Waals surface area contributed by atoms with Crippen molar-refractivity contribution in [1.82, 2.24) is 29.2 Å². The van der Waals surface area contributed by atoms with E-state index < -0.39 is 0 Å². The molecule has 3 aromatic heterocycles. The highest BCUT2D eigenvalue weighted by Crippen LogP contribution is 2.42. The lowest BCUT2D eigenvalue weighted by atomic mass is 9.78. The van der Waals surface area contributed by atoms with Gasteiger partial charge in [0, 0.05) is 67.0 Å². The Balaban J connectivity index is 1.28. The van der Waals surface area contributed by atoms with E-state index >= 15 is 4.39 Å². The number of imidazole rings is 1. The zero-order valence-electron chi connectivity index (χ0n) is 21.4. The van der Waals surface area contributed by atoms with Crippen molar-refractivity contribution in [3.05, 3.63) is 78.6 Å². The molecule has 0 atom stereocenters. The molecule has 2 N–H and O–H groups in total. The largest absolute Gasteiger partial charge is 0.382 e. The summed E-state index contributed by atoms with van der Waals surface area (Å²) in [5, 5.41) is 0.745. The number of hydrogen-bond acceptors (Lipinski definition) is 6. The van der Waals surface area contributed by atoms with E-state index in [1.165, 1.54) is 0 Å². The van der Waals surface area contributed by atoms with Gasteiger partial charge in [0.1, 0.15) is 28.4 Å². The first-order valence-corrected chi connectivity index (χ1v) is 13.3. The number of nitrogens with zero attached hydrogens (tertiary/aromatic N) is 6. The minimum absolute atomic E-state index is 0.300. The second-order valence-electron chi connectivity index (χ2n) is 10.6. The van der Waals surface area contributed by atoms with Crippen LogP contribution in [-0.2, 0) is 0 Å². The maximum Gasteiger partial charge on any atom is 0.158 e. The van der Waals surface area contributed by atoms with Gasteiger partial charge < -0.3 is 10.6 Å². The summed E-state index contributed by atoms with van der Waals surface area (Å²) in [4.78, 5) is 19.0. The summed E-state index contributed by atoms with van der Waals surface area (Å²) in [6.45, 7) is 4.44. The van der Waals surface area contributed by atoms with Gasteiger partial charge in [-0.15, -0.1) is 0 Å². The van der Waals surface area contributed by atoms with Crippen molar-refractivity contribution in [1.29, 1.82) is 0 Å². The number of likely N-dealkylation sites (N-methyl/N-ethyl adjacent to an activating group) is 1. The van der Waals surface area contributed by atoms with Crippen LogP contribution in [0.1, 0.15) is 24.6 Å². The number of nitrogens with two attached hydrogens (primary N) is 1. The highest BCUT2D eigenvalue weighted by molar-refractivity contribution is 5.92. The molecule has 4 heterocycles. The van der Waals surface area contributed by atoms with E-state index in [-0.39, 0.29) is 5.82 Å². The van der Waals surface area contributed by atoms with Gasteiger partial charge in [0.25, 0.3) is 0 Å². The molecule has 38 heavy (non-hydrogen) atoms. The third-order valence-corrected chi connectivity index (χ3v) is 8.27. The Labute approximate surface area is 220 Å². The number of hydrogen-bond donors (Lipinski definition) is 1. The van der Waals surface area contributed by atoms with E-state index in [1.54, 1.807) is 12.3 Å². The van der Waals surface area contributed by atoms with Crippen LogP contribution >= 0.6 is 0 Å². The van der Waals surface area contributed by atoms with Crippen molar-refractivity contribution in [2.45, 2.75) is 24.8 Å². The van der Waals surface area contributed by atoms with Gasteiger partial charge in [-0.1, -0.05) is 42.5 Å². The zero-order valence-corrected chi connectivity index (χ0v) is 21.4. The van der Waals surface area contributed by atoms with E-state index in [0.717, 1.165) is 61.5 Å². The molecule has 0 unspecified atom stereocenters. The molecule has 0 bridgehead atoms. The smallest absolute Gasteiger partial charge is 0.158 e. The van der Waals surface area contributed by atoms with Crippen molar-refractivity contribution in [3.63, 3.8) is 0 Å². The fourth-order valence-corrected chi connectivity index (χ4v) is 5.95. The summed E-state index contributed by atoms with van der Waals surface area (Å²) in [6, 6.07) is 17.9. The van der Waals surface area contributed by atoms with Crippen LogP contribution in [0.2, 0.25) is 0 Å². The Kier molecular flexibility index (Phi) is 5.60. The number of piperazine rings is 1. The average molecular weight is 508 g/mol. The van der Waals surface area contributed by atoms with Crippen LogP contribution in [0.3, 0.4) is 0 Å². The standard InChI is InChI=1S/C30H30FN7/c1-36-13-15-37(16-14-36)22-17-21(18-22)30-35-27(28-29(32)33-11-12-38(28)30)23-9-7-20-8-10-24(34-26(20)25(23)31)19-5-3-2-4-6-19/h2-12,21-22H,13-18H2,1H3,(H2,32,33)/t21-,22+. The maximum absolute atomic E-state index is 16.2. The van der Waals surface area contributed by atoms with E-state index in [9.17, 15) is 0 Å². The van der Waals surface area contributed by atoms with Gasteiger partial charge in [0.2, 0.25) is 0 Å². The van der Waals surface area contributed by atoms with Crippen molar-refractivity contribution < 1.29 is 4.39 Å². The molecule has 2 aromatic carbocycles. The van der Waals surface area contributed by atoms with E-state index in [1.807, 2.05) is 59.1 Å². The van der Waals surface area contributed by atoms with E-state index in [0.29, 0.717) is 40.1 Å². The first-order chi connectivity index (χ1) is 18.6. The molecule has 1 saturated carbocycles. The number of nitrogen functional groups attached to an aromatic ring is 1. The monoisotopic (exact) mass is 507 g/mol. The topological polar surface area (TPSA) is 75.6 Å². The van der Waals surface area contributed by atoms with E-state index in [2.05, 4.69) is 21.8 Å². The van der Waals surface area contributed by atoms with Gasteiger partial charge in [-0.25, -0.2) is 19.3 Å². The van der Waals surface area contributed by atoms with Crippen LogP contribution < -0.4 is 5.73 Å². The van der Waals surface area contributed by atoms with Gasteiger partial charge in [0.15, 0.2) is 5.82 Å². The molecule has 5 aromatic rings. The molecule has 2 fully saturated rings. The fourth-order valence-electron chi connectivity index (χ4n) is 5.95. The third-order valence-electron chi connectivity index (χ3n) is 8.27. The summed E-state index contributed by atoms with van der Waals surface area (Å²) in [6.07, 6.45) is 5.68. The van der Waals surface area contributed by atoms with Crippen LogP contribution in [0.25, 0.3) is 38.9 Å². The Morgan fingerprint density at radius 2 is 1.68 bits per heavy atom. The van der Waals surface area contributed by atoms with Gasteiger partial charge in [-0.2, -0.15) is 0 Å². The zero-order chi connectivity index (χ0) is 25.8. The third kappa shape index (κ3) is 3.83. The molecular weight excluding hydrogens is 477 g/mol. The molecule has 7 rings (SSSR count). The molecule has 0 amide bonds. The van der Waals surface area contributed by atoms with Crippen LogP contribution in [0.4, 0.5) is 10.2 Å². The number of fused-ring (bicyclic) bond motifs is 2. The lowest BCUT2D eigenvalue weighted by Crippen LogP contribution is -2.52. The highest BCUT2D eigenvalue weighted by atomic mass is 19.1. The van der Waals surface area contributed by atoms with E-state index in [4.69, 9.17) is 15.7 Å². The van der Waals surface area contributed by atoms with Gasteiger partial charge in [-0.3, -0.25) is 9.30 Å². The number of aromatic nitrogens is 4. The van der Waals surface area contributed by atoms with Crippen LogP contribution in [0.5, 0.6) is 0 Å². The number of pyridine rings is 1. The first-order valence-electron chi connectivity index (χ1n) is 13.3. The predicted molar refractivity (Wildman–Crippen MR) is 148 cm³/mol. The first kappa shape index (κ1) is 23.3. The van der Waals surface area contributed by atoms with Crippen molar-refractivity contribution in [2.24, 2.45) is 0 Å². The van der Waals surface area contributed by atoms with Crippen LogP contribution in [0.15, 0.2) is 67.0 Å². The number of benzene rings is 2. The van der Waals surface area contributed by atoms with Gasteiger partial charge in [0.05, 0.1) is 5.69 Å². The Morgan fingerprint density at radius 1 is 0.921 bits per heavy atom. The molecule has 0 radical (unpaired) electrons.